The zero-order valence-electron chi connectivity index (χ0n) is 4.56. The molecular weight excluding hydrogens is 92.1 g/mol. The predicted octanol–water partition coefficient (Wildman–Crippen LogP) is -0.338. The molecule has 0 bridgehead atoms. The first-order chi connectivity index (χ1) is 3.27. The summed E-state index contributed by atoms with van der Waals surface area (Å²) in [5.74, 6) is -0.109. The predicted molar refractivity (Wildman–Crippen MR) is 26.5 cm³/mol. The number of carbonyl (C=O) groups is 1. The van der Waals surface area contributed by atoms with E-state index in [1.54, 1.807) is 0 Å². The van der Waals surface area contributed by atoms with Crippen molar-refractivity contribution in [3.05, 3.63) is 0 Å². The summed E-state index contributed by atoms with van der Waals surface area (Å²) >= 11 is 0. The Balaban J connectivity index is 2.82. The third-order valence-corrected chi connectivity index (χ3v) is 0.395. The van der Waals surface area contributed by atoms with E-state index >= 15 is 0 Å². The van der Waals surface area contributed by atoms with Crippen molar-refractivity contribution in [1.82, 2.24) is 10.9 Å². The van der Waals surface area contributed by atoms with Crippen molar-refractivity contribution in [2.24, 2.45) is 0 Å². The van der Waals surface area contributed by atoms with Gasteiger partial charge in [0.1, 0.15) is 0 Å². The molecule has 0 saturated heterocycles. The quantitative estimate of drug-likeness (QED) is 0.475. The van der Waals surface area contributed by atoms with Crippen LogP contribution in [-0.2, 0) is 4.79 Å². The zero-order chi connectivity index (χ0) is 5.70. The van der Waals surface area contributed by atoms with Gasteiger partial charge < -0.3 is 0 Å². The Kier molecular flexibility index (Phi) is 3.32. The van der Waals surface area contributed by atoms with Gasteiger partial charge in [-0.2, -0.15) is 0 Å². The first-order valence-corrected chi connectivity index (χ1v) is 2.20. The van der Waals surface area contributed by atoms with Gasteiger partial charge >= 0.3 is 0 Å². The van der Waals surface area contributed by atoms with Gasteiger partial charge in [-0.25, -0.2) is 0 Å². The highest BCUT2D eigenvalue weighted by Gasteiger charge is 1.83. The third-order valence-electron chi connectivity index (χ3n) is 0.395. The summed E-state index contributed by atoms with van der Waals surface area (Å²) in [5, 5.41) is 0. The van der Waals surface area contributed by atoms with E-state index in [1.165, 1.54) is 6.92 Å². The Morgan fingerprint density at radius 3 is 2.57 bits per heavy atom. The van der Waals surface area contributed by atoms with E-state index in [0.29, 0.717) is 6.54 Å². The van der Waals surface area contributed by atoms with Crippen LogP contribution in [0.25, 0.3) is 0 Å². The highest BCUT2D eigenvalue weighted by Crippen LogP contribution is 1.53. The molecule has 0 aromatic rings. The van der Waals surface area contributed by atoms with Gasteiger partial charge in [-0.3, -0.25) is 10.2 Å². The van der Waals surface area contributed by atoms with Crippen molar-refractivity contribution in [2.75, 3.05) is 6.54 Å². The molecule has 0 rings (SSSR count). The number of rotatable bonds is 2. The maximum absolute atomic E-state index is 10.00. The van der Waals surface area contributed by atoms with Crippen LogP contribution in [0, 0.1) is 0 Å². The lowest BCUT2D eigenvalue weighted by Crippen LogP contribution is -2.28. The van der Waals surface area contributed by atoms with Gasteiger partial charge in [0.05, 0.1) is 0 Å². The molecule has 0 saturated carbocycles. The Morgan fingerprint density at radius 2 is 2.43 bits per heavy atom. The van der Waals surface area contributed by atoms with Gasteiger partial charge in [-0.05, 0) is 6.92 Å². The second-order valence-corrected chi connectivity index (χ2v) is 1.14. The molecule has 1 N–H and O–H groups in total. The molecule has 0 aliphatic heterocycles. The molecule has 0 aromatic carbocycles. The molecule has 0 heterocycles. The monoisotopic (exact) mass is 101 g/mol. The average molecular weight is 101 g/mol. The van der Waals surface area contributed by atoms with Crippen LogP contribution in [0.5, 0.6) is 0 Å². The first kappa shape index (κ1) is 6.43. The molecule has 7 heavy (non-hydrogen) atoms. The van der Waals surface area contributed by atoms with Gasteiger partial charge in [0.25, 0.3) is 0 Å². The molecule has 0 unspecified atom stereocenters. The van der Waals surface area contributed by atoms with E-state index in [1.807, 2.05) is 6.92 Å². The molecule has 0 aromatic heterocycles. The minimum Gasteiger partial charge on any atom is -0.274 e. The first-order valence-electron chi connectivity index (χ1n) is 2.20. The molecule has 41 valence electrons. The van der Waals surface area contributed by atoms with Gasteiger partial charge in [-0.15, -0.1) is 5.43 Å². The summed E-state index contributed by atoms with van der Waals surface area (Å²) in [6.45, 7) is 3.93. The van der Waals surface area contributed by atoms with Gasteiger partial charge in [0.2, 0.25) is 5.91 Å². The summed E-state index contributed by atoms with van der Waals surface area (Å²) < 4.78 is 0. The topological polar surface area (TPSA) is 43.2 Å². The molecule has 3 nitrogen and oxygen atoms in total. The van der Waals surface area contributed by atoms with E-state index in [2.05, 4.69) is 10.9 Å². The van der Waals surface area contributed by atoms with Crippen LogP contribution >= 0.6 is 0 Å². The fourth-order valence-electron chi connectivity index (χ4n) is 0.190. The number of hydrogen-bond donors (Lipinski definition) is 1. The summed E-state index contributed by atoms with van der Waals surface area (Å²) in [6.07, 6.45) is 0. The summed E-state index contributed by atoms with van der Waals surface area (Å²) in [4.78, 5) is 10.00. The molecule has 0 aliphatic carbocycles. The summed E-state index contributed by atoms with van der Waals surface area (Å²) in [7, 11) is 0. The van der Waals surface area contributed by atoms with Gasteiger partial charge in [0, 0.05) is 13.5 Å². The Hall–Kier alpha value is -0.570. The van der Waals surface area contributed by atoms with Crippen molar-refractivity contribution >= 4 is 5.91 Å². The molecule has 3 heteroatoms. The fraction of sp³-hybridized carbons (Fsp3) is 0.750. The number of carbonyl (C=O) groups excluding carboxylic acids is 1. The maximum atomic E-state index is 10.00. The molecule has 0 atom stereocenters. The van der Waals surface area contributed by atoms with Crippen LogP contribution in [0.2, 0.25) is 0 Å². The second-order valence-electron chi connectivity index (χ2n) is 1.14. The number of nitrogens with one attached hydrogen (secondary N) is 1. The van der Waals surface area contributed by atoms with Crippen LogP contribution in [0.3, 0.4) is 0 Å². The standard InChI is InChI=1S/C4H9N2O/c1-3-5-6-4(2)7/h3H2,1-2H3,(H,6,7). The molecule has 1 amide bonds. The van der Waals surface area contributed by atoms with Crippen molar-refractivity contribution in [1.29, 1.82) is 0 Å². The second kappa shape index (κ2) is 3.61. The van der Waals surface area contributed by atoms with Crippen LogP contribution in [0.1, 0.15) is 13.8 Å². The van der Waals surface area contributed by atoms with Crippen molar-refractivity contribution in [3.63, 3.8) is 0 Å². The van der Waals surface area contributed by atoms with Crippen LogP contribution in [0.4, 0.5) is 0 Å². The molecule has 0 fully saturated rings. The van der Waals surface area contributed by atoms with Gasteiger partial charge in [-0.1, -0.05) is 0 Å². The summed E-state index contributed by atoms with van der Waals surface area (Å²) in [5.41, 5.74) is 5.85. The minimum absolute atomic E-state index is 0.109. The summed E-state index contributed by atoms with van der Waals surface area (Å²) in [6, 6.07) is 0. The van der Waals surface area contributed by atoms with Crippen LogP contribution in [0.15, 0.2) is 0 Å². The lowest BCUT2D eigenvalue weighted by Gasteiger charge is -1.93. The number of amides is 1. The minimum atomic E-state index is -0.109. The van der Waals surface area contributed by atoms with Crippen LogP contribution < -0.4 is 10.9 Å². The van der Waals surface area contributed by atoms with Gasteiger partial charge in [0.15, 0.2) is 0 Å². The van der Waals surface area contributed by atoms with E-state index in [4.69, 9.17) is 0 Å². The van der Waals surface area contributed by atoms with Crippen LogP contribution in [-0.4, -0.2) is 12.5 Å². The Morgan fingerprint density at radius 1 is 1.86 bits per heavy atom. The SMILES string of the molecule is CC[N]NC(C)=O. The van der Waals surface area contributed by atoms with Crippen molar-refractivity contribution in [3.8, 4) is 0 Å². The maximum Gasteiger partial charge on any atom is 0.232 e. The van der Waals surface area contributed by atoms with E-state index in [-0.39, 0.29) is 5.91 Å². The van der Waals surface area contributed by atoms with E-state index < -0.39 is 0 Å². The third kappa shape index (κ3) is 5.43. The smallest absolute Gasteiger partial charge is 0.232 e. The lowest BCUT2D eigenvalue weighted by atomic mass is 10.7. The number of nitrogens with zero attached hydrogens (tertiary/aromatic N) is 1. The fourth-order valence-corrected chi connectivity index (χ4v) is 0.190. The average Bonchev–Trinajstić information content (AvgIpc) is 1.61. The molecule has 0 spiro atoms. The molecule has 1 radical (unpaired) electrons. The van der Waals surface area contributed by atoms with E-state index in [0.717, 1.165) is 0 Å². The zero-order valence-corrected chi connectivity index (χ0v) is 4.56. The molecular formula is C4H9N2O. The normalized spacial score (nSPS) is 8.29. The van der Waals surface area contributed by atoms with E-state index in [9.17, 15) is 4.79 Å². The highest BCUT2D eigenvalue weighted by molar-refractivity contribution is 5.72. The van der Waals surface area contributed by atoms with Crippen molar-refractivity contribution in [2.45, 2.75) is 13.8 Å². The largest absolute Gasteiger partial charge is 0.274 e. The lowest BCUT2D eigenvalue weighted by molar-refractivity contribution is -0.120. The Bertz CT molecular complexity index is 62.7. The Labute approximate surface area is 43.1 Å². The van der Waals surface area contributed by atoms with Crippen molar-refractivity contribution < 1.29 is 4.79 Å². The molecule has 0 aliphatic rings. The highest BCUT2D eigenvalue weighted by atomic mass is 16.2. The number of hydrogen-bond acceptors (Lipinski definition) is 1.